The van der Waals surface area contributed by atoms with Crippen LogP contribution < -0.4 is 4.90 Å². The minimum atomic E-state index is -0.334. The van der Waals surface area contributed by atoms with Crippen molar-refractivity contribution in [3.8, 4) is 33.4 Å². The lowest BCUT2D eigenvalue weighted by Gasteiger charge is -2.32. The van der Waals surface area contributed by atoms with Gasteiger partial charge in [0.25, 0.3) is 0 Å². The molecule has 9 aromatic carbocycles. The molecule has 0 fully saturated rings. The van der Waals surface area contributed by atoms with Gasteiger partial charge in [-0.1, -0.05) is 164 Å². The van der Waals surface area contributed by atoms with Gasteiger partial charge in [-0.05, 0) is 105 Å². The molecule has 1 unspecified atom stereocenters. The van der Waals surface area contributed by atoms with E-state index in [1.165, 1.54) is 55.3 Å². The molecule has 0 saturated heterocycles. The lowest BCUT2D eigenvalue weighted by atomic mass is 9.74. The van der Waals surface area contributed by atoms with Crippen LogP contribution in [0.4, 0.5) is 17.1 Å². The maximum atomic E-state index is 6.35. The van der Waals surface area contributed by atoms with Gasteiger partial charge in [0.2, 0.25) is 0 Å². The van der Waals surface area contributed by atoms with Crippen LogP contribution in [0.5, 0.6) is 0 Å². The topological polar surface area (TPSA) is 16.4 Å². The molecule has 1 atom stereocenters. The van der Waals surface area contributed by atoms with Crippen molar-refractivity contribution in [3.05, 3.63) is 223 Å². The van der Waals surface area contributed by atoms with Crippen LogP contribution in [0.3, 0.4) is 0 Å². The molecule has 11 rings (SSSR count). The molecule has 0 bridgehead atoms. The number of rotatable bonds is 6. The molecule has 0 N–H and O–H groups in total. The normalized spacial score (nSPS) is 14.6. The Morgan fingerprint density at radius 3 is 1.86 bits per heavy atom. The molecule has 0 amide bonds. The first-order chi connectivity index (χ1) is 27.7. The molecule has 1 aromatic heterocycles. The second-order valence-electron chi connectivity index (χ2n) is 15.0. The Bertz CT molecular complexity index is 3100. The van der Waals surface area contributed by atoms with Crippen molar-refractivity contribution in [2.75, 3.05) is 4.90 Å². The number of para-hydroxylation sites is 2. The lowest BCUT2D eigenvalue weighted by molar-refractivity contribution is 0.669. The summed E-state index contributed by atoms with van der Waals surface area (Å²) >= 11 is 0. The monoisotopic (exact) mass is 715 g/mol. The van der Waals surface area contributed by atoms with E-state index in [4.69, 9.17) is 4.42 Å². The van der Waals surface area contributed by atoms with E-state index in [9.17, 15) is 0 Å². The molecule has 0 aliphatic heterocycles. The third-order valence-corrected chi connectivity index (χ3v) is 12.0. The van der Waals surface area contributed by atoms with Crippen LogP contribution in [0.25, 0.3) is 66.1 Å². The SMILES string of the molecule is CC1(c2ccccc2)c2ccccc2-c2ccc(N(c3ccc4oc5ccccc5c4c3)c3ccccc3-c3cccc4cccc(-c5ccccc5)c34)cc21. The fraction of sp³-hybridized carbons (Fsp3) is 0.0370. The third-order valence-electron chi connectivity index (χ3n) is 12.0. The summed E-state index contributed by atoms with van der Waals surface area (Å²) < 4.78 is 6.35. The van der Waals surface area contributed by atoms with Gasteiger partial charge in [-0.25, -0.2) is 0 Å². The molecule has 264 valence electrons. The molecule has 0 radical (unpaired) electrons. The van der Waals surface area contributed by atoms with Gasteiger partial charge in [-0.15, -0.1) is 0 Å². The Balaban J connectivity index is 1.19. The second kappa shape index (κ2) is 12.7. The Kier molecular flexibility index (Phi) is 7.33. The number of fused-ring (bicyclic) bond motifs is 7. The fourth-order valence-electron chi connectivity index (χ4n) is 9.30. The number of furan rings is 1. The van der Waals surface area contributed by atoms with E-state index in [0.29, 0.717) is 0 Å². The molecule has 0 spiro atoms. The van der Waals surface area contributed by atoms with E-state index < -0.39 is 0 Å². The van der Waals surface area contributed by atoms with Crippen molar-refractivity contribution in [2.45, 2.75) is 12.3 Å². The summed E-state index contributed by atoms with van der Waals surface area (Å²) in [6.45, 7) is 2.39. The highest BCUT2D eigenvalue weighted by Gasteiger charge is 2.41. The summed E-state index contributed by atoms with van der Waals surface area (Å²) in [7, 11) is 0. The van der Waals surface area contributed by atoms with Gasteiger partial charge in [0.1, 0.15) is 11.2 Å². The van der Waals surface area contributed by atoms with Gasteiger partial charge >= 0.3 is 0 Å². The number of nitrogens with zero attached hydrogens (tertiary/aromatic N) is 1. The molecule has 1 aliphatic rings. The highest BCUT2D eigenvalue weighted by molar-refractivity contribution is 6.10. The third kappa shape index (κ3) is 4.89. The zero-order chi connectivity index (χ0) is 37.2. The summed E-state index contributed by atoms with van der Waals surface area (Å²) in [5, 5.41) is 4.66. The van der Waals surface area contributed by atoms with Crippen molar-refractivity contribution in [1.82, 2.24) is 0 Å². The molecule has 2 nitrogen and oxygen atoms in total. The van der Waals surface area contributed by atoms with E-state index in [1.54, 1.807) is 0 Å². The Hall–Kier alpha value is -7.16. The average Bonchev–Trinajstić information content (AvgIpc) is 3.77. The summed E-state index contributed by atoms with van der Waals surface area (Å²) in [4.78, 5) is 2.45. The molecule has 0 saturated carbocycles. The number of hydrogen-bond acceptors (Lipinski definition) is 2. The Morgan fingerprint density at radius 1 is 0.411 bits per heavy atom. The maximum Gasteiger partial charge on any atom is 0.135 e. The highest BCUT2D eigenvalue weighted by atomic mass is 16.3. The minimum Gasteiger partial charge on any atom is -0.456 e. The van der Waals surface area contributed by atoms with Crippen LogP contribution in [0.1, 0.15) is 23.6 Å². The first-order valence-corrected chi connectivity index (χ1v) is 19.3. The van der Waals surface area contributed by atoms with Gasteiger partial charge in [-0.3, -0.25) is 0 Å². The zero-order valence-electron chi connectivity index (χ0n) is 31.0. The van der Waals surface area contributed by atoms with E-state index in [0.717, 1.165) is 44.6 Å². The predicted molar refractivity (Wildman–Crippen MR) is 234 cm³/mol. The summed E-state index contributed by atoms with van der Waals surface area (Å²) in [6, 6.07) is 74.9. The zero-order valence-corrected chi connectivity index (χ0v) is 31.0. The van der Waals surface area contributed by atoms with Crippen molar-refractivity contribution < 1.29 is 4.42 Å². The summed E-state index contributed by atoms with van der Waals surface area (Å²) in [5.41, 5.74) is 16.0. The lowest BCUT2D eigenvalue weighted by Crippen LogP contribution is -2.22. The van der Waals surface area contributed by atoms with Crippen LogP contribution in [-0.2, 0) is 5.41 Å². The number of hydrogen-bond donors (Lipinski definition) is 0. The van der Waals surface area contributed by atoms with E-state index in [-0.39, 0.29) is 5.41 Å². The molecular formula is C54H37NO. The van der Waals surface area contributed by atoms with Gasteiger partial charge in [0.15, 0.2) is 0 Å². The van der Waals surface area contributed by atoms with Crippen LogP contribution in [0, 0.1) is 0 Å². The largest absolute Gasteiger partial charge is 0.456 e. The van der Waals surface area contributed by atoms with Gasteiger partial charge in [-0.2, -0.15) is 0 Å². The molecule has 10 aromatic rings. The quantitative estimate of drug-likeness (QED) is 0.170. The number of benzene rings is 9. The molecule has 1 heterocycles. The Morgan fingerprint density at radius 2 is 1.02 bits per heavy atom. The van der Waals surface area contributed by atoms with Gasteiger partial charge in [0, 0.05) is 33.1 Å². The highest BCUT2D eigenvalue weighted by Crippen LogP contribution is 2.54. The molecule has 2 heteroatoms. The van der Waals surface area contributed by atoms with Crippen molar-refractivity contribution in [3.63, 3.8) is 0 Å². The van der Waals surface area contributed by atoms with Crippen LogP contribution in [-0.4, -0.2) is 0 Å². The van der Waals surface area contributed by atoms with Gasteiger partial charge < -0.3 is 9.32 Å². The molecular weight excluding hydrogens is 679 g/mol. The number of anilines is 3. The van der Waals surface area contributed by atoms with Crippen LogP contribution >= 0.6 is 0 Å². The predicted octanol–water partition coefficient (Wildman–Crippen LogP) is 14.9. The van der Waals surface area contributed by atoms with E-state index in [2.05, 4.69) is 212 Å². The maximum absolute atomic E-state index is 6.35. The second-order valence-corrected chi connectivity index (χ2v) is 15.0. The summed E-state index contributed by atoms with van der Waals surface area (Å²) in [5.74, 6) is 0. The summed E-state index contributed by atoms with van der Waals surface area (Å²) in [6.07, 6.45) is 0. The first-order valence-electron chi connectivity index (χ1n) is 19.3. The minimum absolute atomic E-state index is 0.334. The molecule has 1 aliphatic carbocycles. The standard InChI is InChI=1S/C54H37NO/c1-54(38-20-6-3-7-21-38)48-27-11-8-22-42(48)43-32-30-40(35-49(43)54)55(39-31-33-52-47(34-39)45-24-10-13-29-51(45)56-52)50-28-12-9-23-44(50)46-26-15-19-37-18-14-25-41(53(37)46)36-16-4-2-5-17-36/h2-35H,1H3. The smallest absolute Gasteiger partial charge is 0.135 e. The van der Waals surface area contributed by atoms with Crippen LogP contribution in [0.2, 0.25) is 0 Å². The van der Waals surface area contributed by atoms with Gasteiger partial charge in [0.05, 0.1) is 5.69 Å². The van der Waals surface area contributed by atoms with Crippen molar-refractivity contribution >= 4 is 49.8 Å². The van der Waals surface area contributed by atoms with E-state index in [1.807, 2.05) is 6.07 Å². The Labute approximate surface area is 326 Å². The van der Waals surface area contributed by atoms with Crippen LogP contribution in [0.15, 0.2) is 211 Å². The first kappa shape index (κ1) is 32.3. The van der Waals surface area contributed by atoms with Crippen molar-refractivity contribution in [1.29, 1.82) is 0 Å². The molecule has 56 heavy (non-hydrogen) atoms. The van der Waals surface area contributed by atoms with E-state index >= 15 is 0 Å². The van der Waals surface area contributed by atoms with Crippen molar-refractivity contribution in [2.24, 2.45) is 0 Å². The fourth-order valence-corrected chi connectivity index (χ4v) is 9.30. The average molecular weight is 716 g/mol.